The fourth-order valence-electron chi connectivity index (χ4n) is 0.785. The Morgan fingerprint density at radius 1 is 1.58 bits per heavy atom. The van der Waals surface area contributed by atoms with Gasteiger partial charge < -0.3 is 15.4 Å². The number of nitrogens with two attached hydrogens (primary N) is 1. The van der Waals surface area contributed by atoms with Crippen LogP contribution in [0.1, 0.15) is 13.3 Å². The lowest BCUT2D eigenvalue weighted by Crippen LogP contribution is -2.31. The molecule has 0 aromatic rings. The monoisotopic (exact) mass is 174 g/mol. The number of likely N-dealkylation sites (N-methyl/N-ethyl adjacent to an activating group) is 1. The Kier molecular flexibility index (Phi) is 6.70. The highest BCUT2D eigenvalue weighted by molar-refractivity contribution is 5.75. The Labute approximate surface area is 73.7 Å². The number of amides is 1. The Balaban J connectivity index is 3.42. The van der Waals surface area contributed by atoms with Gasteiger partial charge in [-0.1, -0.05) is 0 Å². The van der Waals surface area contributed by atoms with E-state index in [0.29, 0.717) is 32.7 Å². The van der Waals surface area contributed by atoms with Gasteiger partial charge in [-0.05, 0) is 6.92 Å². The van der Waals surface area contributed by atoms with Gasteiger partial charge in [-0.15, -0.1) is 0 Å². The van der Waals surface area contributed by atoms with Crippen LogP contribution in [0.15, 0.2) is 0 Å². The van der Waals surface area contributed by atoms with E-state index in [9.17, 15) is 4.79 Å². The topological polar surface area (TPSA) is 55.6 Å². The number of nitrogens with zero attached hydrogens (tertiary/aromatic N) is 1. The third kappa shape index (κ3) is 5.09. The molecule has 0 heterocycles. The molecule has 0 aliphatic carbocycles. The molecule has 4 nitrogen and oxygen atoms in total. The highest BCUT2D eigenvalue weighted by Crippen LogP contribution is 1.88. The lowest BCUT2D eigenvalue weighted by atomic mass is 10.4. The van der Waals surface area contributed by atoms with Crippen molar-refractivity contribution < 1.29 is 9.53 Å². The number of hydrogen-bond acceptors (Lipinski definition) is 3. The number of ether oxygens (including phenoxy) is 1. The molecule has 2 N–H and O–H groups in total. The van der Waals surface area contributed by atoms with Crippen molar-refractivity contribution in [3.05, 3.63) is 0 Å². The molecule has 0 spiro atoms. The average molecular weight is 174 g/mol. The second-order valence-electron chi connectivity index (χ2n) is 2.55. The van der Waals surface area contributed by atoms with Gasteiger partial charge in [-0.3, -0.25) is 4.79 Å². The summed E-state index contributed by atoms with van der Waals surface area (Å²) >= 11 is 0. The third-order valence-corrected chi connectivity index (χ3v) is 1.56. The second-order valence-corrected chi connectivity index (χ2v) is 2.55. The Morgan fingerprint density at radius 2 is 2.25 bits per heavy atom. The summed E-state index contributed by atoms with van der Waals surface area (Å²) in [6.07, 6.45) is 0.419. The molecule has 72 valence electrons. The van der Waals surface area contributed by atoms with Gasteiger partial charge in [0.2, 0.25) is 5.91 Å². The van der Waals surface area contributed by atoms with Crippen molar-refractivity contribution in [3.63, 3.8) is 0 Å². The highest BCUT2D eigenvalue weighted by atomic mass is 16.5. The number of carbonyl (C=O) groups excluding carboxylic acids is 1. The molecule has 0 bridgehead atoms. The summed E-state index contributed by atoms with van der Waals surface area (Å²) in [6, 6.07) is 0. The Hall–Kier alpha value is -0.610. The first-order valence-corrected chi connectivity index (χ1v) is 4.24. The minimum absolute atomic E-state index is 0.0807. The first-order chi connectivity index (χ1) is 5.72. The van der Waals surface area contributed by atoms with E-state index in [1.54, 1.807) is 11.9 Å². The quantitative estimate of drug-likeness (QED) is 0.569. The van der Waals surface area contributed by atoms with Crippen molar-refractivity contribution in [2.75, 3.05) is 33.4 Å². The molecule has 0 saturated carbocycles. The third-order valence-electron chi connectivity index (χ3n) is 1.56. The summed E-state index contributed by atoms with van der Waals surface area (Å²) in [5.74, 6) is 0.0807. The van der Waals surface area contributed by atoms with Gasteiger partial charge in [0.25, 0.3) is 0 Å². The van der Waals surface area contributed by atoms with Crippen LogP contribution in [0, 0.1) is 0 Å². The molecule has 0 aliphatic rings. The fourth-order valence-corrected chi connectivity index (χ4v) is 0.785. The Bertz CT molecular complexity index is 128. The minimum Gasteiger partial charge on any atom is -0.380 e. The first-order valence-electron chi connectivity index (χ1n) is 4.24. The van der Waals surface area contributed by atoms with Crippen LogP contribution in [0.5, 0.6) is 0 Å². The first kappa shape index (κ1) is 11.4. The summed E-state index contributed by atoms with van der Waals surface area (Å²) in [5, 5.41) is 0. The molecule has 0 rings (SSSR count). The largest absolute Gasteiger partial charge is 0.380 e. The molecular formula is C8H18N2O2. The number of hydrogen-bond donors (Lipinski definition) is 1. The van der Waals surface area contributed by atoms with Crippen LogP contribution in [0.25, 0.3) is 0 Å². The van der Waals surface area contributed by atoms with Crippen molar-refractivity contribution in [1.29, 1.82) is 0 Å². The molecular weight excluding hydrogens is 156 g/mol. The van der Waals surface area contributed by atoms with Crippen LogP contribution >= 0.6 is 0 Å². The van der Waals surface area contributed by atoms with Gasteiger partial charge in [0, 0.05) is 33.2 Å². The van der Waals surface area contributed by atoms with Gasteiger partial charge in [-0.25, -0.2) is 0 Å². The van der Waals surface area contributed by atoms with E-state index in [4.69, 9.17) is 10.5 Å². The van der Waals surface area contributed by atoms with Gasteiger partial charge in [-0.2, -0.15) is 0 Å². The maximum Gasteiger partial charge on any atom is 0.223 e. The number of rotatable bonds is 6. The molecule has 0 atom stereocenters. The highest BCUT2D eigenvalue weighted by Gasteiger charge is 2.05. The molecule has 0 aromatic carbocycles. The summed E-state index contributed by atoms with van der Waals surface area (Å²) in [5.41, 5.74) is 5.24. The zero-order valence-electron chi connectivity index (χ0n) is 7.88. The molecule has 0 aromatic heterocycles. The lowest BCUT2D eigenvalue weighted by molar-refractivity contribution is -0.130. The van der Waals surface area contributed by atoms with Crippen LogP contribution < -0.4 is 5.73 Å². The van der Waals surface area contributed by atoms with Crippen LogP contribution in [-0.4, -0.2) is 44.2 Å². The molecule has 0 aliphatic heterocycles. The molecule has 0 radical (unpaired) electrons. The van der Waals surface area contributed by atoms with Crippen LogP contribution in [-0.2, 0) is 9.53 Å². The van der Waals surface area contributed by atoms with Crippen LogP contribution in [0.3, 0.4) is 0 Å². The standard InChI is InChI=1S/C8H18N2O2/c1-3-12-7-6-10(2)8(11)4-5-9/h3-7,9H2,1-2H3. The van der Waals surface area contributed by atoms with E-state index >= 15 is 0 Å². The zero-order valence-corrected chi connectivity index (χ0v) is 7.88. The van der Waals surface area contributed by atoms with Crippen molar-refractivity contribution in [1.82, 2.24) is 4.90 Å². The van der Waals surface area contributed by atoms with Gasteiger partial charge in [0.1, 0.15) is 0 Å². The van der Waals surface area contributed by atoms with E-state index < -0.39 is 0 Å². The fraction of sp³-hybridized carbons (Fsp3) is 0.875. The van der Waals surface area contributed by atoms with Crippen molar-refractivity contribution >= 4 is 5.91 Å². The van der Waals surface area contributed by atoms with Crippen LogP contribution in [0.4, 0.5) is 0 Å². The number of carbonyl (C=O) groups is 1. The van der Waals surface area contributed by atoms with E-state index in [1.165, 1.54) is 0 Å². The van der Waals surface area contributed by atoms with Crippen LogP contribution in [0.2, 0.25) is 0 Å². The summed E-state index contributed by atoms with van der Waals surface area (Å²) in [4.78, 5) is 12.8. The lowest BCUT2D eigenvalue weighted by Gasteiger charge is -2.16. The van der Waals surface area contributed by atoms with E-state index in [1.807, 2.05) is 6.92 Å². The van der Waals surface area contributed by atoms with Crippen molar-refractivity contribution in [2.45, 2.75) is 13.3 Å². The van der Waals surface area contributed by atoms with Crippen molar-refractivity contribution in [3.8, 4) is 0 Å². The molecule has 1 amide bonds. The molecule has 4 heteroatoms. The van der Waals surface area contributed by atoms with Gasteiger partial charge >= 0.3 is 0 Å². The molecule has 0 unspecified atom stereocenters. The Morgan fingerprint density at radius 3 is 2.75 bits per heavy atom. The summed E-state index contributed by atoms with van der Waals surface area (Å²) in [6.45, 7) is 4.29. The normalized spacial score (nSPS) is 9.92. The molecule has 0 saturated heterocycles. The average Bonchev–Trinajstić information content (AvgIpc) is 2.05. The minimum atomic E-state index is 0.0807. The predicted molar refractivity (Wildman–Crippen MR) is 47.8 cm³/mol. The predicted octanol–water partition coefficient (Wildman–Crippen LogP) is -0.170. The SMILES string of the molecule is CCOCCN(C)C(=O)CCN. The summed E-state index contributed by atoms with van der Waals surface area (Å²) in [7, 11) is 1.76. The van der Waals surface area contributed by atoms with Crippen molar-refractivity contribution in [2.24, 2.45) is 5.73 Å². The van der Waals surface area contributed by atoms with E-state index in [0.717, 1.165) is 0 Å². The summed E-state index contributed by atoms with van der Waals surface area (Å²) < 4.78 is 5.11. The zero-order chi connectivity index (χ0) is 9.40. The van der Waals surface area contributed by atoms with E-state index in [-0.39, 0.29) is 5.91 Å². The van der Waals surface area contributed by atoms with Gasteiger partial charge in [0.05, 0.1) is 6.61 Å². The second kappa shape index (κ2) is 7.06. The molecule has 0 fully saturated rings. The van der Waals surface area contributed by atoms with Gasteiger partial charge in [0.15, 0.2) is 0 Å². The smallest absolute Gasteiger partial charge is 0.223 e. The molecule has 12 heavy (non-hydrogen) atoms. The van der Waals surface area contributed by atoms with E-state index in [2.05, 4.69) is 0 Å². The maximum absolute atomic E-state index is 11.1. The maximum atomic E-state index is 11.1.